The SMILES string of the molecule is CCCCc1ccc2nc(/N=N/c3cc4sc(N=Nc5ccc(N(CC)CC)cc5)nc4s3)sc2c1. The molecule has 2 aromatic carbocycles. The summed E-state index contributed by atoms with van der Waals surface area (Å²) in [6.45, 7) is 8.49. The van der Waals surface area contributed by atoms with Crippen molar-refractivity contribution in [3.63, 3.8) is 0 Å². The maximum absolute atomic E-state index is 4.60. The topological polar surface area (TPSA) is 78.5 Å². The molecule has 0 bridgehead atoms. The van der Waals surface area contributed by atoms with Crippen molar-refractivity contribution in [3.05, 3.63) is 54.1 Å². The highest BCUT2D eigenvalue weighted by Crippen LogP contribution is 2.39. The van der Waals surface area contributed by atoms with Gasteiger partial charge in [0.05, 0.1) is 20.6 Å². The normalized spacial score (nSPS) is 12.1. The van der Waals surface area contributed by atoms with E-state index in [0.29, 0.717) is 10.3 Å². The molecule has 0 atom stereocenters. The minimum Gasteiger partial charge on any atom is -0.372 e. The Morgan fingerprint density at radius 2 is 1.50 bits per heavy atom. The lowest BCUT2D eigenvalue weighted by atomic mass is 10.1. The zero-order valence-corrected chi connectivity index (χ0v) is 23.0. The van der Waals surface area contributed by atoms with Crippen LogP contribution < -0.4 is 4.90 Å². The van der Waals surface area contributed by atoms with Gasteiger partial charge >= 0.3 is 0 Å². The number of hydrogen-bond donors (Lipinski definition) is 0. The van der Waals surface area contributed by atoms with E-state index in [-0.39, 0.29) is 0 Å². The molecule has 7 nitrogen and oxygen atoms in total. The first-order chi connectivity index (χ1) is 17.6. The molecule has 0 spiro atoms. The summed E-state index contributed by atoms with van der Waals surface area (Å²) in [6, 6.07) is 16.6. The van der Waals surface area contributed by atoms with Gasteiger partial charge in [0.1, 0.15) is 9.83 Å². The maximum atomic E-state index is 4.60. The van der Waals surface area contributed by atoms with Gasteiger partial charge in [-0.05, 0) is 74.7 Å². The number of thiophene rings is 1. The van der Waals surface area contributed by atoms with Crippen molar-refractivity contribution >= 4 is 80.4 Å². The third kappa shape index (κ3) is 5.66. The van der Waals surface area contributed by atoms with E-state index in [1.165, 1.54) is 46.8 Å². The molecule has 10 heteroatoms. The van der Waals surface area contributed by atoms with Gasteiger partial charge in [-0.25, -0.2) is 9.97 Å². The Labute approximate surface area is 222 Å². The molecule has 0 unspecified atom stereocenters. The van der Waals surface area contributed by atoms with E-state index >= 15 is 0 Å². The number of rotatable bonds is 10. The number of fused-ring (bicyclic) bond motifs is 2. The molecule has 0 aliphatic rings. The summed E-state index contributed by atoms with van der Waals surface area (Å²) < 4.78 is 2.19. The van der Waals surface area contributed by atoms with E-state index in [9.17, 15) is 0 Å². The Morgan fingerprint density at radius 3 is 2.25 bits per heavy atom. The fourth-order valence-electron chi connectivity index (χ4n) is 3.85. The molecule has 5 aromatic rings. The average molecular weight is 534 g/mol. The predicted molar refractivity (Wildman–Crippen MR) is 154 cm³/mol. The number of thiazole rings is 2. The summed E-state index contributed by atoms with van der Waals surface area (Å²) in [4.78, 5) is 12.4. The highest BCUT2D eigenvalue weighted by Gasteiger charge is 2.10. The Balaban J connectivity index is 1.25. The zero-order valence-electron chi connectivity index (χ0n) is 20.5. The number of nitrogens with zero attached hydrogens (tertiary/aromatic N) is 7. The summed E-state index contributed by atoms with van der Waals surface area (Å²) >= 11 is 4.57. The van der Waals surface area contributed by atoms with Gasteiger partial charge in [-0.3, -0.25) is 0 Å². The minimum absolute atomic E-state index is 0.637. The van der Waals surface area contributed by atoms with Crippen LogP contribution in [-0.4, -0.2) is 23.1 Å². The molecule has 0 amide bonds. The molecule has 0 N–H and O–H groups in total. The fourth-order valence-corrected chi connectivity index (χ4v) is 6.55. The number of unbranched alkanes of at least 4 members (excludes halogenated alkanes) is 1. The van der Waals surface area contributed by atoms with E-state index in [4.69, 9.17) is 0 Å². The second kappa shape index (κ2) is 11.3. The Bertz CT molecular complexity index is 1480. The smallest absolute Gasteiger partial charge is 0.231 e. The van der Waals surface area contributed by atoms with E-state index in [1.807, 2.05) is 18.2 Å². The predicted octanol–water partition coefficient (Wildman–Crippen LogP) is 9.99. The van der Waals surface area contributed by atoms with E-state index < -0.39 is 0 Å². The second-order valence-electron chi connectivity index (χ2n) is 8.24. The van der Waals surface area contributed by atoms with Gasteiger partial charge in [-0.2, -0.15) is 0 Å². The highest BCUT2D eigenvalue weighted by atomic mass is 32.1. The van der Waals surface area contributed by atoms with Gasteiger partial charge in [-0.15, -0.1) is 20.5 Å². The quantitative estimate of drug-likeness (QED) is 0.168. The lowest BCUT2D eigenvalue weighted by molar-refractivity contribution is 0.796. The van der Waals surface area contributed by atoms with Crippen LogP contribution >= 0.6 is 34.0 Å². The standard InChI is InChI=1S/C26H27N7S3/c1-4-7-8-17-9-14-20-21(15-17)34-25(27-20)32-30-23-16-22-24(36-23)28-26(35-22)31-29-18-10-12-19(13-11-18)33(5-2)6-3/h9-16H,4-8H2,1-3H3/b31-29?,32-30+. The van der Waals surface area contributed by atoms with Crippen LogP contribution in [0.3, 0.4) is 0 Å². The Kier molecular flexibility index (Phi) is 7.74. The summed E-state index contributed by atoms with van der Waals surface area (Å²) in [6.07, 6.45) is 3.50. The number of hydrogen-bond acceptors (Lipinski definition) is 10. The van der Waals surface area contributed by atoms with E-state index in [0.717, 1.165) is 49.9 Å². The highest BCUT2D eigenvalue weighted by molar-refractivity contribution is 7.30. The molecule has 3 aromatic heterocycles. The first-order valence-corrected chi connectivity index (χ1v) is 14.6. The van der Waals surface area contributed by atoms with Crippen LogP contribution in [0.5, 0.6) is 0 Å². The molecule has 0 saturated heterocycles. The van der Waals surface area contributed by atoms with Crippen LogP contribution in [0.2, 0.25) is 0 Å². The van der Waals surface area contributed by atoms with Crippen molar-refractivity contribution < 1.29 is 0 Å². The molecular formula is C26H27N7S3. The molecule has 0 fully saturated rings. The van der Waals surface area contributed by atoms with Crippen molar-refractivity contribution in [1.82, 2.24) is 9.97 Å². The van der Waals surface area contributed by atoms with Crippen LogP contribution in [0.15, 0.2) is 69.0 Å². The molecule has 0 aliphatic carbocycles. The van der Waals surface area contributed by atoms with E-state index in [2.05, 4.69) is 86.4 Å². The fraction of sp³-hybridized carbons (Fsp3) is 0.308. The molecular weight excluding hydrogens is 507 g/mol. The van der Waals surface area contributed by atoms with Gasteiger partial charge in [0, 0.05) is 18.8 Å². The van der Waals surface area contributed by atoms with Crippen molar-refractivity contribution in [2.24, 2.45) is 20.5 Å². The summed E-state index contributed by atoms with van der Waals surface area (Å²) in [5.41, 5.74) is 4.33. The van der Waals surface area contributed by atoms with Crippen molar-refractivity contribution in [2.45, 2.75) is 40.0 Å². The number of anilines is 1. The van der Waals surface area contributed by atoms with Gasteiger partial charge in [-0.1, -0.05) is 53.4 Å². The van der Waals surface area contributed by atoms with Gasteiger partial charge < -0.3 is 4.90 Å². The van der Waals surface area contributed by atoms with Crippen LogP contribution in [0, 0.1) is 0 Å². The lowest BCUT2D eigenvalue weighted by Gasteiger charge is -2.20. The lowest BCUT2D eigenvalue weighted by Crippen LogP contribution is -2.21. The maximum Gasteiger partial charge on any atom is 0.231 e. The third-order valence-corrected chi connectivity index (χ3v) is 8.62. The van der Waals surface area contributed by atoms with Crippen LogP contribution in [0.1, 0.15) is 39.2 Å². The van der Waals surface area contributed by atoms with Crippen LogP contribution in [0.25, 0.3) is 19.7 Å². The monoisotopic (exact) mass is 533 g/mol. The summed E-state index contributed by atoms with van der Waals surface area (Å²) in [5.74, 6) is 0. The number of aryl methyl sites for hydroxylation is 1. The third-order valence-electron chi connectivity index (χ3n) is 5.79. The van der Waals surface area contributed by atoms with Crippen molar-refractivity contribution in [3.8, 4) is 0 Å². The van der Waals surface area contributed by atoms with Crippen LogP contribution in [-0.2, 0) is 6.42 Å². The number of benzene rings is 2. The van der Waals surface area contributed by atoms with Crippen molar-refractivity contribution in [1.29, 1.82) is 0 Å². The average Bonchev–Trinajstić information content (AvgIpc) is 3.59. The van der Waals surface area contributed by atoms with Gasteiger partial charge in [0.15, 0.2) is 0 Å². The molecule has 0 saturated carbocycles. The Hall–Kier alpha value is -3.08. The summed E-state index contributed by atoms with van der Waals surface area (Å²) in [7, 11) is 0. The molecule has 0 radical (unpaired) electrons. The first kappa shape index (κ1) is 24.6. The molecule has 5 rings (SSSR count). The first-order valence-electron chi connectivity index (χ1n) is 12.1. The number of azo groups is 2. The zero-order chi connectivity index (χ0) is 24.9. The Morgan fingerprint density at radius 1 is 0.750 bits per heavy atom. The molecule has 36 heavy (non-hydrogen) atoms. The van der Waals surface area contributed by atoms with Gasteiger partial charge in [0.25, 0.3) is 0 Å². The molecule has 0 aliphatic heterocycles. The molecule has 184 valence electrons. The summed E-state index contributed by atoms with van der Waals surface area (Å²) in [5, 5.41) is 19.6. The van der Waals surface area contributed by atoms with Gasteiger partial charge in [0.2, 0.25) is 10.3 Å². The molecule has 3 heterocycles. The van der Waals surface area contributed by atoms with E-state index in [1.54, 1.807) is 11.3 Å². The van der Waals surface area contributed by atoms with Crippen molar-refractivity contribution in [2.75, 3.05) is 18.0 Å². The minimum atomic E-state index is 0.637. The second-order valence-corrected chi connectivity index (χ2v) is 11.3. The van der Waals surface area contributed by atoms with Crippen LogP contribution in [0.4, 0.5) is 26.6 Å². The largest absolute Gasteiger partial charge is 0.372 e. The number of aromatic nitrogens is 2.